The molecule has 152 valence electrons. The maximum atomic E-state index is 12.6. The number of rotatable bonds is 4. The van der Waals surface area contributed by atoms with Crippen molar-refractivity contribution in [2.45, 2.75) is 57.5 Å². The summed E-state index contributed by atoms with van der Waals surface area (Å²) in [5.74, 6) is 1.76. The van der Waals surface area contributed by atoms with Gasteiger partial charge < -0.3 is 15.1 Å². The lowest BCUT2D eigenvalue weighted by atomic mass is 9.75. The summed E-state index contributed by atoms with van der Waals surface area (Å²) in [5, 5.41) is 11.1. The first kappa shape index (κ1) is 20.4. The first-order chi connectivity index (χ1) is 12.9. The third-order valence-electron chi connectivity index (χ3n) is 5.08. The second-order valence-corrected chi connectivity index (χ2v) is 9.85. The van der Waals surface area contributed by atoms with Crippen molar-refractivity contribution < 1.29 is 17.6 Å². The summed E-state index contributed by atoms with van der Waals surface area (Å²) in [7, 11) is -3.79. The molecule has 7 nitrogen and oxygen atoms in total. The summed E-state index contributed by atoms with van der Waals surface area (Å²) >= 11 is 0. The van der Waals surface area contributed by atoms with Crippen LogP contribution < -0.4 is 15.8 Å². The van der Waals surface area contributed by atoms with E-state index in [0.29, 0.717) is 5.56 Å². The SMILES string of the molecule is Cc1cc2c(o1)CC(C)(C)CC2NC(=O)NC(C)c1cccc(S(N)(=O)=O)c1. The molecule has 8 heteroatoms. The monoisotopic (exact) mass is 405 g/mol. The van der Waals surface area contributed by atoms with Crippen molar-refractivity contribution in [2.24, 2.45) is 10.6 Å². The summed E-state index contributed by atoms with van der Waals surface area (Å²) in [6.45, 7) is 8.01. The van der Waals surface area contributed by atoms with Crippen LogP contribution in [0.2, 0.25) is 0 Å². The number of urea groups is 1. The molecule has 1 aromatic carbocycles. The zero-order valence-electron chi connectivity index (χ0n) is 16.6. The molecule has 2 unspecified atom stereocenters. The zero-order chi connectivity index (χ0) is 20.7. The number of carbonyl (C=O) groups is 1. The zero-order valence-corrected chi connectivity index (χ0v) is 17.4. The third-order valence-corrected chi connectivity index (χ3v) is 5.99. The largest absolute Gasteiger partial charge is 0.466 e. The predicted molar refractivity (Wildman–Crippen MR) is 106 cm³/mol. The summed E-state index contributed by atoms with van der Waals surface area (Å²) < 4.78 is 28.9. The minimum Gasteiger partial charge on any atom is -0.466 e. The fourth-order valence-electron chi connectivity index (χ4n) is 3.75. The van der Waals surface area contributed by atoms with Crippen molar-refractivity contribution >= 4 is 16.1 Å². The van der Waals surface area contributed by atoms with Crippen molar-refractivity contribution in [1.82, 2.24) is 10.6 Å². The molecular weight excluding hydrogens is 378 g/mol. The van der Waals surface area contributed by atoms with Gasteiger partial charge in [-0.3, -0.25) is 0 Å². The predicted octanol–water partition coefficient (Wildman–Crippen LogP) is 3.31. The van der Waals surface area contributed by atoms with Crippen LogP contribution in [0.3, 0.4) is 0 Å². The number of fused-ring (bicyclic) bond motifs is 1. The van der Waals surface area contributed by atoms with E-state index in [1.54, 1.807) is 19.1 Å². The lowest BCUT2D eigenvalue weighted by molar-refractivity contribution is 0.212. The molecule has 0 saturated heterocycles. The van der Waals surface area contributed by atoms with E-state index < -0.39 is 10.0 Å². The molecule has 0 aliphatic heterocycles. The topological polar surface area (TPSA) is 114 Å². The number of nitrogens with two attached hydrogens (primary N) is 1. The Morgan fingerprint density at radius 1 is 1.32 bits per heavy atom. The molecule has 2 atom stereocenters. The number of aryl methyl sites for hydroxylation is 1. The minimum absolute atomic E-state index is 0.0185. The fourth-order valence-corrected chi connectivity index (χ4v) is 4.32. The van der Waals surface area contributed by atoms with E-state index in [-0.39, 0.29) is 28.4 Å². The van der Waals surface area contributed by atoms with Crippen LogP contribution in [0.15, 0.2) is 39.6 Å². The summed E-state index contributed by atoms with van der Waals surface area (Å²) in [6.07, 6.45) is 1.65. The van der Waals surface area contributed by atoms with Gasteiger partial charge in [0.2, 0.25) is 10.0 Å². The molecule has 0 fully saturated rings. The summed E-state index contributed by atoms with van der Waals surface area (Å²) in [5.41, 5.74) is 1.70. The van der Waals surface area contributed by atoms with Gasteiger partial charge in [-0.2, -0.15) is 0 Å². The van der Waals surface area contributed by atoms with E-state index in [4.69, 9.17) is 9.56 Å². The van der Waals surface area contributed by atoms with Crippen molar-refractivity contribution in [1.29, 1.82) is 0 Å². The molecule has 2 amide bonds. The maximum absolute atomic E-state index is 12.6. The number of primary sulfonamides is 1. The Hall–Kier alpha value is -2.32. The van der Waals surface area contributed by atoms with Crippen LogP contribution in [0.4, 0.5) is 4.79 Å². The highest BCUT2D eigenvalue weighted by Gasteiger charge is 2.35. The quantitative estimate of drug-likeness (QED) is 0.724. The van der Waals surface area contributed by atoms with Gasteiger partial charge in [0, 0.05) is 12.0 Å². The molecule has 28 heavy (non-hydrogen) atoms. The van der Waals surface area contributed by atoms with E-state index in [1.807, 2.05) is 13.0 Å². The smallest absolute Gasteiger partial charge is 0.315 e. The van der Waals surface area contributed by atoms with E-state index in [2.05, 4.69) is 24.5 Å². The van der Waals surface area contributed by atoms with Gasteiger partial charge in [0.05, 0.1) is 17.0 Å². The van der Waals surface area contributed by atoms with Crippen LogP contribution in [-0.2, 0) is 16.4 Å². The average molecular weight is 406 g/mol. The van der Waals surface area contributed by atoms with Crippen LogP contribution in [0.5, 0.6) is 0 Å². The Morgan fingerprint density at radius 3 is 2.71 bits per heavy atom. The number of nitrogens with one attached hydrogen (secondary N) is 2. The second-order valence-electron chi connectivity index (χ2n) is 8.29. The Bertz CT molecular complexity index is 995. The Labute approximate surface area is 165 Å². The lowest BCUT2D eigenvalue weighted by Gasteiger charge is -2.34. The molecule has 0 spiro atoms. The van der Waals surface area contributed by atoms with E-state index in [0.717, 1.165) is 29.9 Å². The molecule has 0 radical (unpaired) electrons. The van der Waals surface area contributed by atoms with Crippen LogP contribution in [-0.4, -0.2) is 14.4 Å². The van der Waals surface area contributed by atoms with Crippen molar-refractivity contribution in [3.05, 3.63) is 53.0 Å². The maximum Gasteiger partial charge on any atom is 0.315 e. The minimum atomic E-state index is -3.79. The summed E-state index contributed by atoms with van der Waals surface area (Å²) in [6, 6.07) is 7.40. The van der Waals surface area contributed by atoms with Crippen LogP contribution in [0.25, 0.3) is 0 Å². The molecule has 4 N–H and O–H groups in total. The number of amides is 2. The van der Waals surface area contributed by atoms with Crippen LogP contribution in [0, 0.1) is 12.3 Å². The lowest BCUT2D eigenvalue weighted by Crippen LogP contribution is -2.42. The van der Waals surface area contributed by atoms with Gasteiger partial charge in [-0.15, -0.1) is 0 Å². The molecular formula is C20H27N3O4S. The molecule has 1 aliphatic rings. The van der Waals surface area contributed by atoms with Gasteiger partial charge in [-0.25, -0.2) is 18.4 Å². The molecule has 0 bridgehead atoms. The standard InChI is InChI=1S/C20H27N3O4S/c1-12-8-16-17(10-20(3,4)11-18(16)27-12)23-19(24)22-13(2)14-6-5-7-15(9-14)28(21,25)26/h5-9,13,17H,10-11H2,1-4H3,(H2,21,25,26)(H2,22,23,24). The Kier molecular flexibility index (Phi) is 5.29. The highest BCUT2D eigenvalue weighted by Crippen LogP contribution is 2.42. The van der Waals surface area contributed by atoms with Crippen molar-refractivity contribution in [3.63, 3.8) is 0 Å². The molecule has 1 aromatic heterocycles. The number of sulfonamides is 1. The van der Waals surface area contributed by atoms with Gasteiger partial charge in [0.1, 0.15) is 11.5 Å². The normalized spacial score (nSPS) is 19.5. The first-order valence-electron chi connectivity index (χ1n) is 9.24. The average Bonchev–Trinajstić information content (AvgIpc) is 2.93. The van der Waals surface area contributed by atoms with Crippen LogP contribution in [0.1, 0.15) is 61.9 Å². The molecule has 0 saturated carbocycles. The van der Waals surface area contributed by atoms with Crippen LogP contribution >= 0.6 is 0 Å². The first-order valence-corrected chi connectivity index (χ1v) is 10.8. The van der Waals surface area contributed by atoms with Gasteiger partial charge in [-0.1, -0.05) is 26.0 Å². The Balaban J connectivity index is 1.72. The highest BCUT2D eigenvalue weighted by molar-refractivity contribution is 7.89. The van der Waals surface area contributed by atoms with Gasteiger partial charge in [0.15, 0.2) is 0 Å². The fraction of sp³-hybridized carbons (Fsp3) is 0.450. The Morgan fingerprint density at radius 2 is 2.04 bits per heavy atom. The van der Waals surface area contributed by atoms with Crippen molar-refractivity contribution in [2.75, 3.05) is 0 Å². The van der Waals surface area contributed by atoms with Gasteiger partial charge >= 0.3 is 6.03 Å². The summed E-state index contributed by atoms with van der Waals surface area (Å²) in [4.78, 5) is 12.6. The number of hydrogen-bond acceptors (Lipinski definition) is 4. The van der Waals surface area contributed by atoms with E-state index >= 15 is 0 Å². The highest BCUT2D eigenvalue weighted by atomic mass is 32.2. The van der Waals surface area contributed by atoms with E-state index in [1.165, 1.54) is 12.1 Å². The molecule has 1 aliphatic carbocycles. The number of hydrogen-bond donors (Lipinski definition) is 3. The van der Waals surface area contributed by atoms with Gasteiger partial charge in [0.25, 0.3) is 0 Å². The molecule has 3 rings (SSSR count). The number of furan rings is 1. The molecule has 2 aromatic rings. The van der Waals surface area contributed by atoms with Gasteiger partial charge in [-0.05, 0) is 49.4 Å². The molecule has 1 heterocycles. The second kappa shape index (κ2) is 7.25. The third kappa shape index (κ3) is 4.56. The number of carbonyl (C=O) groups excluding carboxylic acids is 1. The van der Waals surface area contributed by atoms with Crippen molar-refractivity contribution in [3.8, 4) is 0 Å². The van der Waals surface area contributed by atoms with E-state index in [9.17, 15) is 13.2 Å². The number of benzene rings is 1.